The van der Waals surface area contributed by atoms with Gasteiger partial charge in [0.15, 0.2) is 0 Å². The van der Waals surface area contributed by atoms with Crippen LogP contribution in [-0.2, 0) is 14.8 Å². The molecule has 0 aliphatic heterocycles. The lowest BCUT2D eigenvalue weighted by molar-refractivity contribution is 0.0215. The third-order valence-electron chi connectivity index (χ3n) is 2.41. The van der Waals surface area contributed by atoms with Gasteiger partial charge < -0.3 is 15.8 Å². The molecule has 0 unspecified atom stereocenters. The Hall–Kier alpha value is -1.45. The Kier molecular flexibility index (Phi) is 6.11. The van der Waals surface area contributed by atoms with Crippen LogP contribution in [0.25, 0.3) is 0 Å². The van der Waals surface area contributed by atoms with E-state index in [2.05, 4.69) is 10.0 Å². The molecule has 0 bridgehead atoms. The second-order valence-corrected chi connectivity index (χ2v) is 5.74. The average Bonchev–Trinajstić information content (AvgIpc) is 2.39. The molecule has 0 saturated heterocycles. The highest BCUT2D eigenvalue weighted by atomic mass is 32.2. The van der Waals surface area contributed by atoms with Crippen molar-refractivity contribution in [1.82, 2.24) is 4.72 Å². The predicted molar refractivity (Wildman–Crippen MR) is 72.4 cm³/mol. The molecule has 0 saturated carbocycles. The number of nitrogens with one attached hydrogen (secondary N) is 2. The van der Waals surface area contributed by atoms with E-state index in [0.29, 0.717) is 5.69 Å². The van der Waals surface area contributed by atoms with Crippen LogP contribution in [0, 0.1) is 0 Å². The minimum atomic E-state index is -3.54. The number of sulfonamides is 1. The molecule has 20 heavy (non-hydrogen) atoms. The Morgan fingerprint density at radius 2 is 2.10 bits per heavy atom. The Balaban J connectivity index is 2.57. The Morgan fingerprint density at radius 3 is 2.65 bits per heavy atom. The highest BCUT2D eigenvalue weighted by Crippen LogP contribution is 2.22. The number of benzene rings is 1. The summed E-state index contributed by atoms with van der Waals surface area (Å²) in [4.78, 5) is 0.0528. The van der Waals surface area contributed by atoms with E-state index in [9.17, 15) is 17.2 Å². The van der Waals surface area contributed by atoms with Gasteiger partial charge in [0.05, 0.1) is 22.9 Å². The molecule has 0 aliphatic carbocycles. The normalized spacial score (nSPS) is 11.8. The Morgan fingerprint density at radius 1 is 1.40 bits per heavy atom. The van der Waals surface area contributed by atoms with Crippen molar-refractivity contribution in [3.8, 4) is 0 Å². The number of nitrogens with two attached hydrogens (primary N) is 1. The van der Waals surface area contributed by atoms with E-state index in [1.165, 1.54) is 25.2 Å². The van der Waals surface area contributed by atoms with Gasteiger partial charge in [0, 0.05) is 6.54 Å². The van der Waals surface area contributed by atoms with E-state index >= 15 is 0 Å². The molecule has 6 nitrogen and oxygen atoms in total. The summed E-state index contributed by atoms with van der Waals surface area (Å²) in [6, 6.07) is 4.21. The van der Waals surface area contributed by atoms with Gasteiger partial charge in [-0.1, -0.05) is 0 Å². The lowest BCUT2D eigenvalue weighted by Crippen LogP contribution is -2.19. The molecule has 1 aromatic rings. The van der Waals surface area contributed by atoms with Crippen molar-refractivity contribution in [3.63, 3.8) is 0 Å². The van der Waals surface area contributed by atoms with E-state index in [0.717, 1.165) is 0 Å². The molecule has 0 atom stereocenters. The van der Waals surface area contributed by atoms with Gasteiger partial charge in [-0.15, -0.1) is 0 Å². The van der Waals surface area contributed by atoms with Crippen LogP contribution in [0.3, 0.4) is 0 Å². The number of ether oxygens (including phenoxy) is 1. The molecular formula is C11H17F2N3O3S. The first kappa shape index (κ1) is 16.6. The quantitative estimate of drug-likeness (QED) is 0.489. The molecule has 0 amide bonds. The smallest absolute Gasteiger partial charge is 0.261 e. The molecule has 0 fully saturated rings. The number of nitrogen functional groups attached to an aromatic ring is 1. The zero-order chi connectivity index (χ0) is 15.2. The second-order valence-electron chi connectivity index (χ2n) is 3.85. The van der Waals surface area contributed by atoms with E-state index in [1.54, 1.807) is 0 Å². The van der Waals surface area contributed by atoms with Crippen molar-refractivity contribution >= 4 is 21.4 Å². The van der Waals surface area contributed by atoms with Crippen LogP contribution in [-0.4, -0.2) is 41.6 Å². The van der Waals surface area contributed by atoms with Crippen LogP contribution in [0.2, 0.25) is 0 Å². The average molecular weight is 309 g/mol. The maximum Gasteiger partial charge on any atom is 0.261 e. The van der Waals surface area contributed by atoms with Gasteiger partial charge >= 0.3 is 0 Å². The summed E-state index contributed by atoms with van der Waals surface area (Å²) in [6.07, 6.45) is -2.49. The van der Waals surface area contributed by atoms with E-state index < -0.39 is 23.1 Å². The largest absolute Gasteiger partial charge is 0.397 e. The number of hydrogen-bond donors (Lipinski definition) is 3. The zero-order valence-corrected chi connectivity index (χ0v) is 11.7. The SMILES string of the molecule is CNS(=O)(=O)c1ccc(NCCOCC(F)F)c(N)c1. The third kappa shape index (κ3) is 4.91. The fraction of sp³-hybridized carbons (Fsp3) is 0.455. The minimum Gasteiger partial charge on any atom is -0.397 e. The van der Waals surface area contributed by atoms with Gasteiger partial charge in [-0.25, -0.2) is 21.9 Å². The van der Waals surface area contributed by atoms with Crippen LogP contribution >= 0.6 is 0 Å². The summed E-state index contributed by atoms with van der Waals surface area (Å²) in [5.41, 5.74) is 6.48. The zero-order valence-electron chi connectivity index (χ0n) is 10.9. The maximum absolute atomic E-state index is 11.8. The van der Waals surface area contributed by atoms with Gasteiger partial charge in [0.1, 0.15) is 6.61 Å². The monoisotopic (exact) mass is 309 g/mol. The number of hydrogen-bond acceptors (Lipinski definition) is 5. The van der Waals surface area contributed by atoms with Crippen LogP contribution in [0.5, 0.6) is 0 Å². The summed E-state index contributed by atoms with van der Waals surface area (Å²) in [6.45, 7) is -0.230. The predicted octanol–water partition coefficient (Wildman–Crippen LogP) is 0.870. The number of halogens is 2. The summed E-state index contributed by atoms with van der Waals surface area (Å²) in [5.74, 6) is 0. The highest BCUT2D eigenvalue weighted by Gasteiger charge is 2.12. The Labute approximate surface area is 116 Å². The molecule has 9 heteroatoms. The first-order chi connectivity index (χ1) is 9.36. The maximum atomic E-state index is 11.8. The first-order valence-corrected chi connectivity index (χ1v) is 7.28. The van der Waals surface area contributed by atoms with Crippen molar-refractivity contribution in [2.45, 2.75) is 11.3 Å². The molecule has 0 radical (unpaired) electrons. The van der Waals surface area contributed by atoms with E-state index in [1.807, 2.05) is 0 Å². The van der Waals surface area contributed by atoms with Crippen LogP contribution < -0.4 is 15.8 Å². The summed E-state index contributed by atoms with van der Waals surface area (Å²) >= 11 is 0. The van der Waals surface area contributed by atoms with Crippen molar-refractivity contribution in [2.24, 2.45) is 0 Å². The van der Waals surface area contributed by atoms with Crippen molar-refractivity contribution in [3.05, 3.63) is 18.2 Å². The fourth-order valence-corrected chi connectivity index (χ4v) is 2.18. The van der Waals surface area contributed by atoms with Crippen LogP contribution in [0.4, 0.5) is 20.2 Å². The topological polar surface area (TPSA) is 93.5 Å². The van der Waals surface area contributed by atoms with Gasteiger partial charge in [0.2, 0.25) is 10.0 Å². The first-order valence-electron chi connectivity index (χ1n) is 5.79. The molecule has 4 N–H and O–H groups in total. The molecular weight excluding hydrogens is 292 g/mol. The fourth-order valence-electron chi connectivity index (χ4n) is 1.42. The van der Waals surface area contributed by atoms with Gasteiger partial charge in [-0.2, -0.15) is 0 Å². The molecule has 1 rings (SSSR count). The Bertz CT molecular complexity index is 538. The van der Waals surface area contributed by atoms with Crippen LogP contribution in [0.1, 0.15) is 0 Å². The van der Waals surface area contributed by atoms with Gasteiger partial charge in [-0.3, -0.25) is 0 Å². The second kappa shape index (κ2) is 7.36. The standard InChI is InChI=1S/C11H17F2N3O3S/c1-15-20(17,18)8-2-3-10(9(14)6-8)16-4-5-19-7-11(12)13/h2-3,6,11,15-16H,4-5,7,14H2,1H3. The molecule has 114 valence electrons. The minimum absolute atomic E-state index is 0.0528. The van der Waals surface area contributed by atoms with Gasteiger partial charge in [0.25, 0.3) is 6.43 Å². The van der Waals surface area contributed by atoms with Crippen molar-refractivity contribution < 1.29 is 21.9 Å². The van der Waals surface area contributed by atoms with E-state index in [-0.39, 0.29) is 23.7 Å². The highest BCUT2D eigenvalue weighted by molar-refractivity contribution is 7.89. The molecule has 0 heterocycles. The van der Waals surface area contributed by atoms with E-state index in [4.69, 9.17) is 10.5 Å². The van der Waals surface area contributed by atoms with Gasteiger partial charge in [-0.05, 0) is 25.2 Å². The van der Waals surface area contributed by atoms with Crippen molar-refractivity contribution in [2.75, 3.05) is 37.9 Å². The molecule has 0 aliphatic rings. The lowest BCUT2D eigenvalue weighted by Gasteiger charge is -2.11. The summed E-state index contributed by atoms with van der Waals surface area (Å²) < 4.78 is 53.6. The molecule has 1 aromatic carbocycles. The number of anilines is 2. The van der Waals surface area contributed by atoms with Crippen LogP contribution in [0.15, 0.2) is 23.1 Å². The molecule has 0 aromatic heterocycles. The van der Waals surface area contributed by atoms with Crippen molar-refractivity contribution in [1.29, 1.82) is 0 Å². The summed E-state index contributed by atoms with van der Waals surface area (Å²) in [5, 5.41) is 2.87. The lowest BCUT2D eigenvalue weighted by atomic mass is 10.2. The third-order valence-corrected chi connectivity index (χ3v) is 3.82. The number of alkyl halides is 2. The number of rotatable bonds is 8. The summed E-state index contributed by atoms with van der Waals surface area (Å²) in [7, 11) is -2.24. The molecule has 0 spiro atoms.